The van der Waals surface area contributed by atoms with Crippen molar-refractivity contribution in [2.45, 2.75) is 18.9 Å². The van der Waals surface area contributed by atoms with E-state index in [1.54, 1.807) is 7.11 Å². The van der Waals surface area contributed by atoms with E-state index >= 15 is 0 Å². The maximum atomic E-state index is 5.37. The first-order valence-corrected chi connectivity index (χ1v) is 5.96. The van der Waals surface area contributed by atoms with Gasteiger partial charge in [0.25, 0.3) is 0 Å². The number of hydrogen-bond acceptors (Lipinski definition) is 2. The summed E-state index contributed by atoms with van der Waals surface area (Å²) >= 11 is 3.43. The Labute approximate surface area is 106 Å². The van der Waals surface area contributed by atoms with Gasteiger partial charge in [0.2, 0.25) is 0 Å². The Balaban J connectivity index is 2.95. The summed E-state index contributed by atoms with van der Waals surface area (Å²) in [5, 5.41) is 3.26. The van der Waals surface area contributed by atoms with Crippen LogP contribution in [0.2, 0.25) is 0 Å². The van der Waals surface area contributed by atoms with Gasteiger partial charge in [-0.15, -0.1) is 12.3 Å². The normalized spacial score (nSPS) is 11.9. The third-order valence-electron chi connectivity index (χ3n) is 2.50. The molecular formula is C13H16BrNO. The molecule has 0 fully saturated rings. The molecule has 3 heteroatoms. The molecule has 1 aromatic carbocycles. The van der Waals surface area contributed by atoms with Crippen LogP contribution in [0.5, 0.6) is 5.75 Å². The van der Waals surface area contributed by atoms with Crippen molar-refractivity contribution in [2.75, 3.05) is 14.2 Å². The summed E-state index contributed by atoms with van der Waals surface area (Å²) in [7, 11) is 3.61. The number of methoxy groups -OCH3 is 1. The monoisotopic (exact) mass is 281 g/mol. The van der Waals surface area contributed by atoms with Gasteiger partial charge in [0.05, 0.1) is 7.11 Å². The van der Waals surface area contributed by atoms with Crippen LogP contribution in [0.15, 0.2) is 22.7 Å². The van der Waals surface area contributed by atoms with Gasteiger partial charge in [0.1, 0.15) is 5.75 Å². The molecule has 0 saturated carbocycles. The third kappa shape index (κ3) is 3.26. The van der Waals surface area contributed by atoms with Gasteiger partial charge in [0.15, 0.2) is 0 Å². The molecule has 0 bridgehead atoms. The highest BCUT2D eigenvalue weighted by atomic mass is 79.9. The summed E-state index contributed by atoms with van der Waals surface area (Å²) < 4.78 is 6.38. The van der Waals surface area contributed by atoms with Crippen LogP contribution in [0.4, 0.5) is 0 Å². The quantitative estimate of drug-likeness (QED) is 0.838. The Kier molecular flexibility index (Phi) is 5.37. The van der Waals surface area contributed by atoms with E-state index in [1.807, 2.05) is 19.2 Å². The molecule has 1 rings (SSSR count). The zero-order valence-electron chi connectivity index (χ0n) is 9.59. The molecule has 0 aliphatic heterocycles. The van der Waals surface area contributed by atoms with Crippen molar-refractivity contribution in [3.05, 3.63) is 28.2 Å². The van der Waals surface area contributed by atoms with Gasteiger partial charge >= 0.3 is 0 Å². The molecule has 1 N–H and O–H groups in total. The lowest BCUT2D eigenvalue weighted by molar-refractivity contribution is 0.399. The van der Waals surface area contributed by atoms with Crippen LogP contribution in [-0.4, -0.2) is 14.2 Å². The molecular weight excluding hydrogens is 266 g/mol. The predicted octanol–water partition coefficient (Wildman–Crippen LogP) is 3.13. The molecule has 1 unspecified atom stereocenters. The second kappa shape index (κ2) is 6.57. The van der Waals surface area contributed by atoms with E-state index in [9.17, 15) is 0 Å². The van der Waals surface area contributed by atoms with E-state index in [-0.39, 0.29) is 6.04 Å². The first kappa shape index (κ1) is 13.1. The average molecular weight is 282 g/mol. The van der Waals surface area contributed by atoms with Gasteiger partial charge < -0.3 is 10.1 Å². The minimum Gasteiger partial charge on any atom is -0.496 e. The fourth-order valence-corrected chi connectivity index (χ4v) is 2.00. The molecule has 1 atom stereocenters. The van der Waals surface area contributed by atoms with Crippen LogP contribution in [0, 0.1) is 12.3 Å². The highest BCUT2D eigenvalue weighted by molar-refractivity contribution is 9.10. The number of ether oxygens (including phenoxy) is 1. The van der Waals surface area contributed by atoms with Crippen molar-refractivity contribution in [3.8, 4) is 18.1 Å². The summed E-state index contributed by atoms with van der Waals surface area (Å²) in [6, 6.07) is 6.27. The standard InChI is InChI=1S/C13H16BrNO/c1-4-5-6-12(15-2)11-8-7-10(14)9-13(11)16-3/h1,7-9,12,15H,5-6H2,2-3H3. The topological polar surface area (TPSA) is 21.3 Å². The molecule has 0 aliphatic carbocycles. The van der Waals surface area contributed by atoms with Crippen molar-refractivity contribution in [1.82, 2.24) is 5.32 Å². The average Bonchev–Trinajstić information content (AvgIpc) is 2.31. The third-order valence-corrected chi connectivity index (χ3v) is 2.99. The first-order valence-electron chi connectivity index (χ1n) is 5.17. The van der Waals surface area contributed by atoms with E-state index in [1.165, 1.54) is 0 Å². The van der Waals surface area contributed by atoms with Crippen LogP contribution in [0.1, 0.15) is 24.4 Å². The summed E-state index contributed by atoms with van der Waals surface area (Å²) in [6.07, 6.45) is 6.95. The number of hydrogen-bond donors (Lipinski definition) is 1. The van der Waals surface area contributed by atoms with Gasteiger partial charge in [-0.3, -0.25) is 0 Å². The number of halogens is 1. The predicted molar refractivity (Wildman–Crippen MR) is 70.6 cm³/mol. The first-order chi connectivity index (χ1) is 7.72. The smallest absolute Gasteiger partial charge is 0.124 e. The molecule has 86 valence electrons. The van der Waals surface area contributed by atoms with E-state index < -0.39 is 0 Å². The molecule has 1 aromatic rings. The summed E-state index contributed by atoms with van der Waals surface area (Å²) in [5.74, 6) is 3.54. The highest BCUT2D eigenvalue weighted by Crippen LogP contribution is 2.30. The number of nitrogens with one attached hydrogen (secondary N) is 1. The highest BCUT2D eigenvalue weighted by Gasteiger charge is 2.13. The maximum absolute atomic E-state index is 5.37. The van der Waals surface area contributed by atoms with Gasteiger partial charge in [-0.2, -0.15) is 0 Å². The molecule has 16 heavy (non-hydrogen) atoms. The van der Waals surface area contributed by atoms with E-state index in [0.717, 1.165) is 28.6 Å². The zero-order valence-corrected chi connectivity index (χ0v) is 11.2. The van der Waals surface area contributed by atoms with Crippen molar-refractivity contribution < 1.29 is 4.74 Å². The number of terminal acetylenes is 1. The second-order valence-corrected chi connectivity index (χ2v) is 4.39. The van der Waals surface area contributed by atoms with Gasteiger partial charge in [0, 0.05) is 22.5 Å². The van der Waals surface area contributed by atoms with Crippen molar-refractivity contribution in [2.24, 2.45) is 0 Å². The van der Waals surface area contributed by atoms with Gasteiger partial charge in [-0.25, -0.2) is 0 Å². The molecule has 0 aliphatic rings. The largest absolute Gasteiger partial charge is 0.496 e. The SMILES string of the molecule is C#CCCC(NC)c1ccc(Br)cc1OC. The molecule has 0 amide bonds. The van der Waals surface area contributed by atoms with Crippen LogP contribution < -0.4 is 10.1 Å². The lowest BCUT2D eigenvalue weighted by atomic mass is 10.0. The molecule has 0 aromatic heterocycles. The van der Waals surface area contributed by atoms with Crippen LogP contribution >= 0.6 is 15.9 Å². The van der Waals surface area contributed by atoms with E-state index in [2.05, 4.69) is 33.2 Å². The zero-order chi connectivity index (χ0) is 12.0. The lowest BCUT2D eigenvalue weighted by Gasteiger charge is -2.18. The Morgan fingerprint density at radius 3 is 2.88 bits per heavy atom. The Morgan fingerprint density at radius 2 is 2.31 bits per heavy atom. The van der Waals surface area contributed by atoms with E-state index in [0.29, 0.717) is 0 Å². The number of rotatable bonds is 5. The van der Waals surface area contributed by atoms with Crippen molar-refractivity contribution >= 4 is 15.9 Å². The molecule has 0 radical (unpaired) electrons. The Morgan fingerprint density at radius 1 is 1.56 bits per heavy atom. The van der Waals surface area contributed by atoms with Crippen LogP contribution in [-0.2, 0) is 0 Å². The van der Waals surface area contributed by atoms with Crippen molar-refractivity contribution in [1.29, 1.82) is 0 Å². The van der Waals surface area contributed by atoms with Gasteiger partial charge in [-0.1, -0.05) is 22.0 Å². The molecule has 0 heterocycles. The Bertz CT molecular complexity index is 384. The molecule has 0 spiro atoms. The summed E-state index contributed by atoms with van der Waals surface area (Å²) in [6.45, 7) is 0. The van der Waals surface area contributed by atoms with Gasteiger partial charge in [-0.05, 0) is 25.6 Å². The van der Waals surface area contributed by atoms with Crippen LogP contribution in [0.25, 0.3) is 0 Å². The van der Waals surface area contributed by atoms with Crippen LogP contribution in [0.3, 0.4) is 0 Å². The Hall–Kier alpha value is -0.980. The second-order valence-electron chi connectivity index (χ2n) is 3.47. The minimum atomic E-state index is 0.235. The molecule has 2 nitrogen and oxygen atoms in total. The maximum Gasteiger partial charge on any atom is 0.124 e. The fraction of sp³-hybridized carbons (Fsp3) is 0.385. The lowest BCUT2D eigenvalue weighted by Crippen LogP contribution is -2.17. The minimum absolute atomic E-state index is 0.235. The van der Waals surface area contributed by atoms with Crippen molar-refractivity contribution in [3.63, 3.8) is 0 Å². The fourth-order valence-electron chi connectivity index (χ4n) is 1.66. The molecule has 0 saturated heterocycles. The van der Waals surface area contributed by atoms with E-state index in [4.69, 9.17) is 11.2 Å². The summed E-state index contributed by atoms with van der Waals surface area (Å²) in [5.41, 5.74) is 1.14. The number of benzene rings is 1. The summed E-state index contributed by atoms with van der Waals surface area (Å²) in [4.78, 5) is 0.